The second-order valence-electron chi connectivity index (χ2n) is 8.89. The van der Waals surface area contributed by atoms with E-state index in [2.05, 4.69) is 0 Å². The number of carbonyl (C=O) groups is 1. The molecule has 3 aliphatic rings. The first-order valence-corrected chi connectivity index (χ1v) is 10.6. The van der Waals surface area contributed by atoms with Gasteiger partial charge in [0.2, 0.25) is 0 Å². The summed E-state index contributed by atoms with van der Waals surface area (Å²) in [4.78, 5) is 13.9. The van der Waals surface area contributed by atoms with Crippen molar-refractivity contribution >= 4 is 18.7 Å². The van der Waals surface area contributed by atoms with Crippen LogP contribution in [-0.4, -0.2) is 55.6 Å². The molecule has 2 unspecified atom stereocenters. The molecule has 3 fully saturated rings. The molecule has 1 aliphatic carbocycles. The quantitative estimate of drug-likeness (QED) is 0.681. The Morgan fingerprint density at radius 3 is 2.27 bits per heavy atom. The van der Waals surface area contributed by atoms with Crippen molar-refractivity contribution in [1.29, 1.82) is 0 Å². The number of piperidine rings is 1. The molecule has 2 aliphatic heterocycles. The van der Waals surface area contributed by atoms with E-state index in [0.29, 0.717) is 31.4 Å². The zero-order chi connectivity index (χ0) is 21.5. The van der Waals surface area contributed by atoms with Crippen LogP contribution in [0, 0.1) is 17.6 Å². The molecule has 2 atom stereocenters. The highest BCUT2D eigenvalue weighted by Crippen LogP contribution is 2.39. The van der Waals surface area contributed by atoms with E-state index in [1.54, 1.807) is 4.90 Å². The molecule has 0 radical (unpaired) electrons. The monoisotopic (exact) mass is 423 g/mol. The van der Waals surface area contributed by atoms with Crippen molar-refractivity contribution in [3.05, 3.63) is 23.8 Å². The normalized spacial score (nSPS) is 26.0. The molecule has 1 saturated carbocycles. The van der Waals surface area contributed by atoms with Crippen LogP contribution in [0.5, 0.6) is 5.75 Å². The Kier molecular flexibility index (Phi) is 5.94. The molecule has 2 saturated heterocycles. The minimum Gasteiger partial charge on any atom is -0.487 e. The van der Waals surface area contributed by atoms with Crippen molar-refractivity contribution in [1.82, 2.24) is 4.90 Å². The van der Waals surface area contributed by atoms with Crippen LogP contribution in [0.2, 0.25) is 0 Å². The zero-order valence-corrected chi connectivity index (χ0v) is 17.7. The summed E-state index contributed by atoms with van der Waals surface area (Å²) in [5.41, 5.74) is 0.00727. The summed E-state index contributed by atoms with van der Waals surface area (Å²) in [7, 11) is -0.782. The third-order valence-corrected chi connectivity index (χ3v) is 6.25. The summed E-state index contributed by atoms with van der Waals surface area (Å²) < 4.78 is 51.1. The third-order valence-electron chi connectivity index (χ3n) is 6.25. The van der Waals surface area contributed by atoms with E-state index in [9.17, 15) is 13.6 Å². The highest BCUT2D eigenvalue weighted by molar-refractivity contribution is 6.61. The number of amides is 1. The molecule has 1 aromatic rings. The first-order chi connectivity index (χ1) is 14.2. The zero-order valence-electron chi connectivity index (χ0n) is 17.7. The number of halogens is 2. The van der Waals surface area contributed by atoms with Crippen molar-refractivity contribution < 1.29 is 32.4 Å². The second kappa shape index (κ2) is 8.34. The van der Waals surface area contributed by atoms with E-state index in [0.717, 1.165) is 12.8 Å². The number of nitrogens with zero attached hydrogens (tertiary/aromatic N) is 1. The van der Waals surface area contributed by atoms with Crippen LogP contribution in [0.25, 0.3) is 0 Å². The molecule has 0 bridgehead atoms. The average Bonchev–Trinajstić information content (AvgIpc) is 3.33. The van der Waals surface area contributed by atoms with E-state index in [1.807, 2.05) is 20.8 Å². The third kappa shape index (κ3) is 4.72. The number of benzene rings is 1. The first-order valence-electron chi connectivity index (χ1n) is 10.6. The fraction of sp³-hybridized carbons (Fsp3) is 0.667. The predicted molar refractivity (Wildman–Crippen MR) is 107 cm³/mol. The summed E-state index contributed by atoms with van der Waals surface area (Å²) in [5.74, 6) is -1.82. The van der Waals surface area contributed by atoms with E-state index >= 15 is 0 Å². The number of rotatable bonds is 5. The maximum atomic E-state index is 14.5. The first kappa shape index (κ1) is 21.4. The number of hydrogen-bond acceptors (Lipinski definition) is 5. The topological polar surface area (TPSA) is 57.2 Å². The molecule has 0 N–H and O–H groups in total. The summed E-state index contributed by atoms with van der Waals surface area (Å²) in [5, 5.41) is 0. The van der Waals surface area contributed by atoms with Gasteiger partial charge in [0.25, 0.3) is 0 Å². The molecule has 1 amide bonds. The van der Waals surface area contributed by atoms with Gasteiger partial charge in [0.05, 0.1) is 18.8 Å². The Balaban J connectivity index is 1.28. The molecule has 0 aromatic heterocycles. The number of hydrogen-bond donors (Lipinski definition) is 0. The average molecular weight is 423 g/mol. The van der Waals surface area contributed by atoms with Gasteiger partial charge in [-0.1, -0.05) is 0 Å². The molecule has 0 spiro atoms. The molecule has 2 heterocycles. The van der Waals surface area contributed by atoms with Crippen LogP contribution in [0.4, 0.5) is 13.6 Å². The maximum Gasteiger partial charge on any atom is 0.494 e. The van der Waals surface area contributed by atoms with E-state index < -0.39 is 18.8 Å². The molecule has 164 valence electrons. The largest absolute Gasteiger partial charge is 0.494 e. The minimum atomic E-state index is -0.782. The van der Waals surface area contributed by atoms with Gasteiger partial charge < -0.3 is 23.7 Å². The van der Waals surface area contributed by atoms with Gasteiger partial charge >= 0.3 is 13.2 Å². The molecule has 1 aromatic carbocycles. The van der Waals surface area contributed by atoms with Crippen molar-refractivity contribution in [2.24, 2.45) is 5.92 Å². The lowest BCUT2D eigenvalue weighted by Crippen LogP contribution is -2.41. The van der Waals surface area contributed by atoms with Gasteiger partial charge in [-0.2, -0.15) is 0 Å². The van der Waals surface area contributed by atoms with Crippen LogP contribution >= 0.6 is 0 Å². The highest BCUT2D eigenvalue weighted by Gasteiger charge is 2.43. The smallest absolute Gasteiger partial charge is 0.487 e. The lowest BCUT2D eigenvalue weighted by atomic mass is 9.79. The lowest BCUT2D eigenvalue weighted by molar-refractivity contribution is 0.0453. The van der Waals surface area contributed by atoms with Crippen molar-refractivity contribution in [2.75, 3.05) is 19.7 Å². The lowest BCUT2D eigenvalue weighted by Gasteiger charge is -2.32. The van der Waals surface area contributed by atoms with Crippen LogP contribution in [0.15, 0.2) is 12.1 Å². The number of carbonyl (C=O) groups excluding carboxylic acids is 1. The van der Waals surface area contributed by atoms with Gasteiger partial charge in [-0.3, -0.25) is 0 Å². The molecule has 30 heavy (non-hydrogen) atoms. The van der Waals surface area contributed by atoms with Gasteiger partial charge in [-0.25, -0.2) is 13.6 Å². The Hall–Kier alpha value is -1.87. The van der Waals surface area contributed by atoms with Crippen molar-refractivity contribution in [3.8, 4) is 5.75 Å². The highest BCUT2D eigenvalue weighted by atomic mass is 19.1. The maximum absolute atomic E-state index is 14.5. The Bertz CT molecular complexity index is 765. The Morgan fingerprint density at radius 2 is 1.73 bits per heavy atom. The number of ether oxygens (including phenoxy) is 2. The SMILES string of the molecule is CC1OB(c2cc(F)c(OCC3CCN(C(=O)OC4(C)CC4)CC3)c(F)c2)OC1C. The summed E-state index contributed by atoms with van der Waals surface area (Å²) >= 11 is 0. The summed E-state index contributed by atoms with van der Waals surface area (Å²) in [6.07, 6.45) is 2.66. The standard InChI is InChI=1S/C21H28BF2NO5/c1-13-14(2)30-22(29-13)16-10-17(23)19(18(24)11-16)27-12-15-4-8-25(9-5-15)20(26)28-21(3)6-7-21/h10-11,13-15H,4-9,12H2,1-3H3. The molecular weight excluding hydrogens is 395 g/mol. The van der Waals surface area contributed by atoms with Crippen LogP contribution in [-0.2, 0) is 14.0 Å². The van der Waals surface area contributed by atoms with Crippen LogP contribution < -0.4 is 10.2 Å². The number of likely N-dealkylation sites (tertiary alicyclic amines) is 1. The van der Waals surface area contributed by atoms with Crippen LogP contribution in [0.1, 0.15) is 46.5 Å². The van der Waals surface area contributed by atoms with Gasteiger partial charge in [-0.15, -0.1) is 0 Å². The Labute approximate surface area is 175 Å². The molecule has 9 heteroatoms. The van der Waals surface area contributed by atoms with Gasteiger partial charge in [0, 0.05) is 13.1 Å². The molecule has 4 rings (SSSR count). The minimum absolute atomic E-state index is 0.118. The molecule has 6 nitrogen and oxygen atoms in total. The van der Waals surface area contributed by atoms with Crippen molar-refractivity contribution in [3.63, 3.8) is 0 Å². The molecular formula is C21H28BF2NO5. The fourth-order valence-electron chi connectivity index (χ4n) is 3.69. The second-order valence-corrected chi connectivity index (χ2v) is 8.89. The van der Waals surface area contributed by atoms with E-state index in [-0.39, 0.29) is 42.2 Å². The van der Waals surface area contributed by atoms with E-state index in [4.69, 9.17) is 18.8 Å². The summed E-state index contributed by atoms with van der Waals surface area (Å²) in [6, 6.07) is 2.40. The van der Waals surface area contributed by atoms with Crippen molar-refractivity contribution in [2.45, 2.75) is 64.3 Å². The fourth-order valence-corrected chi connectivity index (χ4v) is 3.69. The summed E-state index contributed by atoms with van der Waals surface area (Å²) in [6.45, 7) is 6.95. The van der Waals surface area contributed by atoms with Gasteiger partial charge in [-0.05, 0) is 70.0 Å². The van der Waals surface area contributed by atoms with Gasteiger partial charge in [0.1, 0.15) is 5.60 Å². The van der Waals surface area contributed by atoms with Gasteiger partial charge in [0.15, 0.2) is 17.4 Å². The van der Waals surface area contributed by atoms with Crippen LogP contribution in [0.3, 0.4) is 0 Å². The van der Waals surface area contributed by atoms with E-state index in [1.165, 1.54) is 12.1 Å². The Morgan fingerprint density at radius 1 is 1.17 bits per heavy atom. The predicted octanol–water partition coefficient (Wildman–Crippen LogP) is 3.26.